The summed E-state index contributed by atoms with van der Waals surface area (Å²) in [6.07, 6.45) is 5.06. The number of unbranched alkanes of at least 4 members (excludes halogenated alkanes) is 3. The number of fused-ring (bicyclic) bond motifs is 1. The van der Waals surface area contributed by atoms with Gasteiger partial charge in [0.1, 0.15) is 0 Å². The maximum atomic E-state index is 11.5. The highest BCUT2D eigenvalue weighted by atomic mass is 16.6. The molecule has 0 bridgehead atoms. The van der Waals surface area contributed by atoms with Crippen LogP contribution in [0.4, 0.5) is 5.69 Å². The summed E-state index contributed by atoms with van der Waals surface area (Å²) in [6.45, 7) is 7.51. The third-order valence-electron chi connectivity index (χ3n) is 6.16. The van der Waals surface area contributed by atoms with E-state index in [2.05, 4.69) is 17.1 Å². The van der Waals surface area contributed by atoms with Crippen molar-refractivity contribution < 1.29 is 9.72 Å². The van der Waals surface area contributed by atoms with Crippen molar-refractivity contribution in [2.24, 2.45) is 11.8 Å². The first kappa shape index (κ1) is 18.8. The summed E-state index contributed by atoms with van der Waals surface area (Å²) < 4.78 is 0. The summed E-state index contributed by atoms with van der Waals surface area (Å²) in [6, 6.07) is 6.98. The smallest absolute Gasteiger partial charge is 0.269 e. The Morgan fingerprint density at radius 3 is 2.65 bits per heavy atom. The van der Waals surface area contributed by atoms with E-state index >= 15 is 0 Å². The van der Waals surface area contributed by atoms with Gasteiger partial charge in [0, 0.05) is 44.1 Å². The molecule has 1 saturated heterocycles. The van der Waals surface area contributed by atoms with Crippen molar-refractivity contribution in [1.82, 2.24) is 10.2 Å². The molecule has 26 heavy (non-hydrogen) atoms. The molecular weight excluding hydrogens is 330 g/mol. The van der Waals surface area contributed by atoms with Crippen LogP contribution in [-0.4, -0.2) is 41.9 Å². The zero-order valence-electron chi connectivity index (χ0n) is 15.7. The van der Waals surface area contributed by atoms with Crippen molar-refractivity contribution in [3.05, 3.63) is 39.9 Å². The van der Waals surface area contributed by atoms with Crippen molar-refractivity contribution in [2.45, 2.75) is 44.9 Å². The molecule has 6 nitrogen and oxygen atoms in total. The number of hydrogen-bond acceptors (Lipinski definition) is 4. The fraction of sp³-hybridized carbons (Fsp3) is 0.650. The number of benzene rings is 1. The van der Waals surface area contributed by atoms with Crippen LogP contribution in [0.1, 0.15) is 45.1 Å². The largest absolute Gasteiger partial charge is 0.355 e. The highest BCUT2D eigenvalue weighted by Gasteiger charge is 2.68. The van der Waals surface area contributed by atoms with E-state index in [0.717, 1.165) is 25.2 Å². The fourth-order valence-corrected chi connectivity index (χ4v) is 4.73. The van der Waals surface area contributed by atoms with Gasteiger partial charge in [-0.1, -0.05) is 38.3 Å². The molecule has 6 heteroatoms. The Hall–Kier alpha value is -1.95. The second-order valence-electron chi connectivity index (χ2n) is 7.79. The fourth-order valence-electron chi connectivity index (χ4n) is 4.73. The van der Waals surface area contributed by atoms with Gasteiger partial charge < -0.3 is 10.2 Å². The highest BCUT2D eigenvalue weighted by Crippen LogP contribution is 2.63. The summed E-state index contributed by atoms with van der Waals surface area (Å²) in [7, 11) is 0. The van der Waals surface area contributed by atoms with Gasteiger partial charge in [-0.3, -0.25) is 14.9 Å². The number of non-ortho nitro benzene ring substituents is 1. The highest BCUT2D eigenvalue weighted by molar-refractivity contribution is 5.73. The Bertz CT molecular complexity index is 664. The zero-order chi connectivity index (χ0) is 18.7. The van der Waals surface area contributed by atoms with E-state index < -0.39 is 0 Å². The van der Waals surface area contributed by atoms with Gasteiger partial charge in [-0.05, 0) is 30.4 Å². The molecule has 1 aromatic rings. The SMILES string of the molecule is CCCCCCN1CC2C(C1)C2(CNC(C)=O)c1cccc([N+](=O)[O-])c1. The maximum absolute atomic E-state index is 11.5. The van der Waals surface area contributed by atoms with E-state index in [0.29, 0.717) is 18.4 Å². The van der Waals surface area contributed by atoms with Gasteiger partial charge in [-0.25, -0.2) is 0 Å². The minimum absolute atomic E-state index is 0.0452. The number of piperidine rings is 1. The van der Waals surface area contributed by atoms with Gasteiger partial charge in [0.2, 0.25) is 5.91 Å². The molecule has 0 radical (unpaired) electrons. The number of nitrogens with zero attached hydrogens (tertiary/aromatic N) is 2. The van der Waals surface area contributed by atoms with Gasteiger partial charge >= 0.3 is 0 Å². The molecule has 1 aromatic carbocycles. The number of rotatable bonds is 9. The summed E-state index contributed by atoms with van der Waals surface area (Å²) in [5, 5.41) is 14.1. The number of likely N-dealkylation sites (tertiary alicyclic amines) is 1. The lowest BCUT2D eigenvalue weighted by molar-refractivity contribution is -0.384. The molecule has 2 aliphatic rings. The van der Waals surface area contributed by atoms with Gasteiger partial charge in [0.25, 0.3) is 5.69 Å². The third-order valence-corrected chi connectivity index (χ3v) is 6.16. The van der Waals surface area contributed by atoms with Crippen LogP contribution in [0.3, 0.4) is 0 Å². The Labute approximate surface area is 155 Å². The molecular formula is C20H29N3O3. The molecule has 0 spiro atoms. The minimum Gasteiger partial charge on any atom is -0.355 e. The zero-order valence-corrected chi connectivity index (χ0v) is 15.7. The van der Waals surface area contributed by atoms with Crippen molar-refractivity contribution in [2.75, 3.05) is 26.2 Å². The number of nitro benzene ring substituents is 1. The quantitative estimate of drug-likeness (QED) is 0.418. The van der Waals surface area contributed by atoms with Crippen LogP contribution < -0.4 is 5.32 Å². The molecule has 1 saturated carbocycles. The lowest BCUT2D eigenvalue weighted by Crippen LogP contribution is -2.38. The molecule has 1 N–H and O–H groups in total. The Morgan fingerprint density at radius 1 is 1.31 bits per heavy atom. The lowest BCUT2D eigenvalue weighted by atomic mass is 9.89. The Morgan fingerprint density at radius 2 is 2.04 bits per heavy atom. The third kappa shape index (κ3) is 3.61. The predicted octanol–water partition coefficient (Wildman–Crippen LogP) is 3.11. The van der Waals surface area contributed by atoms with Crippen molar-refractivity contribution >= 4 is 11.6 Å². The molecule has 2 fully saturated rings. The van der Waals surface area contributed by atoms with E-state index in [1.165, 1.54) is 38.7 Å². The minimum atomic E-state index is -0.339. The molecule has 3 rings (SSSR count). The van der Waals surface area contributed by atoms with Crippen LogP contribution >= 0.6 is 0 Å². The van der Waals surface area contributed by atoms with Crippen molar-refractivity contribution in [3.8, 4) is 0 Å². The van der Waals surface area contributed by atoms with Crippen LogP contribution in [0.15, 0.2) is 24.3 Å². The van der Waals surface area contributed by atoms with Crippen molar-refractivity contribution in [1.29, 1.82) is 0 Å². The van der Waals surface area contributed by atoms with Gasteiger partial charge in [-0.15, -0.1) is 0 Å². The molecule has 2 unspecified atom stereocenters. The molecule has 1 aliphatic heterocycles. The van der Waals surface area contributed by atoms with Gasteiger partial charge in [0.15, 0.2) is 0 Å². The number of carbonyl (C=O) groups is 1. The van der Waals surface area contributed by atoms with Crippen LogP contribution in [0.25, 0.3) is 0 Å². The van der Waals surface area contributed by atoms with E-state index in [1.54, 1.807) is 12.1 Å². The van der Waals surface area contributed by atoms with Gasteiger partial charge in [0.05, 0.1) is 4.92 Å². The number of nitrogens with one attached hydrogen (secondary N) is 1. The second kappa shape index (κ2) is 7.74. The first-order valence-electron chi connectivity index (χ1n) is 9.70. The van der Waals surface area contributed by atoms with E-state index in [9.17, 15) is 14.9 Å². The molecule has 1 amide bonds. The van der Waals surface area contributed by atoms with Crippen LogP contribution in [-0.2, 0) is 10.2 Å². The Kier molecular flexibility index (Phi) is 5.61. The number of hydrogen-bond donors (Lipinski definition) is 1. The topological polar surface area (TPSA) is 75.5 Å². The van der Waals surface area contributed by atoms with E-state index in [4.69, 9.17) is 0 Å². The standard InChI is InChI=1S/C20H29N3O3/c1-3-4-5-6-10-22-12-18-19(13-22)20(18,14-21-15(2)24)16-8-7-9-17(11-16)23(25)26/h7-9,11,18-19H,3-6,10,12-14H2,1-2H3,(H,21,24). The molecule has 0 aromatic heterocycles. The summed E-state index contributed by atoms with van der Waals surface area (Å²) in [4.78, 5) is 24.8. The molecule has 142 valence electrons. The number of nitro groups is 1. The second-order valence-corrected chi connectivity index (χ2v) is 7.79. The normalized spacial score (nSPS) is 27.2. The number of amides is 1. The summed E-state index contributed by atoms with van der Waals surface area (Å²) >= 11 is 0. The van der Waals surface area contributed by atoms with E-state index in [1.807, 2.05) is 6.07 Å². The summed E-state index contributed by atoms with van der Waals surface area (Å²) in [5.41, 5.74) is 0.990. The molecule has 1 heterocycles. The number of carbonyl (C=O) groups excluding carboxylic acids is 1. The van der Waals surface area contributed by atoms with Crippen LogP contribution in [0.2, 0.25) is 0 Å². The maximum Gasteiger partial charge on any atom is 0.269 e. The average Bonchev–Trinajstić information content (AvgIpc) is 2.99. The van der Waals surface area contributed by atoms with Gasteiger partial charge in [-0.2, -0.15) is 0 Å². The first-order chi connectivity index (χ1) is 12.5. The van der Waals surface area contributed by atoms with E-state index in [-0.39, 0.29) is 21.9 Å². The monoisotopic (exact) mass is 359 g/mol. The summed E-state index contributed by atoms with van der Waals surface area (Å²) in [5.74, 6) is 0.904. The Balaban J connectivity index is 1.70. The van der Waals surface area contributed by atoms with Crippen molar-refractivity contribution in [3.63, 3.8) is 0 Å². The van der Waals surface area contributed by atoms with Crippen LogP contribution in [0.5, 0.6) is 0 Å². The van der Waals surface area contributed by atoms with Crippen LogP contribution in [0, 0.1) is 22.0 Å². The lowest BCUT2D eigenvalue weighted by Gasteiger charge is -2.27. The molecule has 1 aliphatic carbocycles. The first-order valence-corrected chi connectivity index (χ1v) is 9.70. The molecule has 2 atom stereocenters. The average molecular weight is 359 g/mol. The predicted molar refractivity (Wildman–Crippen MR) is 101 cm³/mol.